The van der Waals surface area contributed by atoms with E-state index in [4.69, 9.17) is 4.74 Å². The molecule has 1 saturated heterocycles. The molecule has 1 aliphatic carbocycles. The first-order valence-corrected chi connectivity index (χ1v) is 7.85. The third-order valence-corrected chi connectivity index (χ3v) is 4.35. The average molecular weight is 282 g/mol. The van der Waals surface area contributed by atoms with E-state index in [1.54, 1.807) is 0 Å². The van der Waals surface area contributed by atoms with Gasteiger partial charge in [-0.2, -0.15) is 0 Å². The molecular formula is C15H26N2O3. The van der Waals surface area contributed by atoms with Crippen molar-refractivity contribution in [3.8, 4) is 0 Å². The minimum absolute atomic E-state index is 0.0298. The summed E-state index contributed by atoms with van der Waals surface area (Å²) in [5, 5.41) is 6.40. The summed E-state index contributed by atoms with van der Waals surface area (Å²) < 4.78 is 5.05. The third-order valence-electron chi connectivity index (χ3n) is 4.35. The average Bonchev–Trinajstić information content (AvgIpc) is 2.92. The molecule has 2 rings (SSSR count). The summed E-state index contributed by atoms with van der Waals surface area (Å²) in [4.78, 5) is 23.6. The number of carbonyl (C=O) groups is 2. The molecule has 1 aliphatic heterocycles. The standard InChI is InChI=1S/C15H26N2O3/c1-2-20-15(19)12-3-5-13(6-4-12)17-14(18)9-11-7-8-16-10-11/h11-13,16H,2-10H2,1H3,(H,17,18). The highest BCUT2D eigenvalue weighted by Gasteiger charge is 2.28. The SMILES string of the molecule is CCOC(=O)C1CCC(NC(=O)CC2CCNC2)CC1. The van der Waals surface area contributed by atoms with E-state index in [-0.39, 0.29) is 23.8 Å². The van der Waals surface area contributed by atoms with Gasteiger partial charge in [-0.15, -0.1) is 0 Å². The molecular weight excluding hydrogens is 256 g/mol. The number of ether oxygens (including phenoxy) is 1. The molecule has 2 fully saturated rings. The number of esters is 1. The van der Waals surface area contributed by atoms with Gasteiger partial charge < -0.3 is 15.4 Å². The molecule has 114 valence electrons. The molecule has 0 aromatic heterocycles. The second-order valence-corrected chi connectivity index (χ2v) is 5.93. The minimum Gasteiger partial charge on any atom is -0.466 e. The van der Waals surface area contributed by atoms with Crippen molar-refractivity contribution in [1.82, 2.24) is 10.6 Å². The Labute approximate surface area is 120 Å². The number of hydrogen-bond acceptors (Lipinski definition) is 4. The van der Waals surface area contributed by atoms with E-state index in [0.717, 1.165) is 45.2 Å². The fourth-order valence-electron chi connectivity index (χ4n) is 3.17. The van der Waals surface area contributed by atoms with Crippen molar-refractivity contribution in [2.24, 2.45) is 11.8 Å². The second-order valence-electron chi connectivity index (χ2n) is 5.93. The summed E-state index contributed by atoms with van der Waals surface area (Å²) in [5.74, 6) is 0.612. The van der Waals surface area contributed by atoms with Crippen molar-refractivity contribution < 1.29 is 14.3 Å². The van der Waals surface area contributed by atoms with Crippen LogP contribution in [0.25, 0.3) is 0 Å². The molecule has 0 aromatic rings. The maximum absolute atomic E-state index is 12.0. The van der Waals surface area contributed by atoms with Crippen LogP contribution >= 0.6 is 0 Å². The van der Waals surface area contributed by atoms with Gasteiger partial charge in [-0.3, -0.25) is 9.59 Å². The third kappa shape index (κ3) is 4.47. The highest BCUT2D eigenvalue weighted by Crippen LogP contribution is 2.25. The Morgan fingerprint density at radius 3 is 2.55 bits per heavy atom. The van der Waals surface area contributed by atoms with Crippen LogP contribution in [0, 0.1) is 11.8 Å². The first-order valence-electron chi connectivity index (χ1n) is 7.85. The number of amides is 1. The van der Waals surface area contributed by atoms with Gasteiger partial charge >= 0.3 is 5.97 Å². The Morgan fingerprint density at radius 1 is 1.20 bits per heavy atom. The molecule has 0 spiro atoms. The first-order chi connectivity index (χ1) is 9.69. The Balaban J connectivity index is 1.65. The lowest BCUT2D eigenvalue weighted by Crippen LogP contribution is -2.39. The molecule has 2 aliphatic rings. The highest BCUT2D eigenvalue weighted by molar-refractivity contribution is 5.76. The molecule has 1 saturated carbocycles. The van der Waals surface area contributed by atoms with Gasteiger partial charge in [0.15, 0.2) is 0 Å². The van der Waals surface area contributed by atoms with Gasteiger partial charge in [-0.05, 0) is 58.0 Å². The monoisotopic (exact) mass is 282 g/mol. The maximum Gasteiger partial charge on any atom is 0.308 e. The van der Waals surface area contributed by atoms with E-state index >= 15 is 0 Å². The van der Waals surface area contributed by atoms with E-state index in [1.807, 2.05) is 6.92 Å². The summed E-state index contributed by atoms with van der Waals surface area (Å²) in [5.41, 5.74) is 0. The van der Waals surface area contributed by atoms with E-state index in [9.17, 15) is 9.59 Å². The van der Waals surface area contributed by atoms with E-state index in [1.165, 1.54) is 0 Å². The smallest absolute Gasteiger partial charge is 0.308 e. The Morgan fingerprint density at radius 2 is 1.95 bits per heavy atom. The predicted octanol–water partition coefficient (Wildman–Crippen LogP) is 1.22. The van der Waals surface area contributed by atoms with Crippen LogP contribution in [0.1, 0.15) is 45.4 Å². The largest absolute Gasteiger partial charge is 0.466 e. The normalized spacial score (nSPS) is 29.9. The Kier molecular flexibility index (Phi) is 5.83. The molecule has 1 unspecified atom stereocenters. The van der Waals surface area contributed by atoms with Gasteiger partial charge in [0.2, 0.25) is 5.91 Å². The van der Waals surface area contributed by atoms with Crippen LogP contribution in [0.4, 0.5) is 0 Å². The molecule has 20 heavy (non-hydrogen) atoms. The number of carbonyl (C=O) groups excluding carboxylic acids is 2. The van der Waals surface area contributed by atoms with Crippen LogP contribution in [0.3, 0.4) is 0 Å². The summed E-state index contributed by atoms with van der Waals surface area (Å²) in [6.07, 6.45) is 5.16. The summed E-state index contributed by atoms with van der Waals surface area (Å²) in [7, 11) is 0. The molecule has 1 amide bonds. The molecule has 1 heterocycles. The molecule has 1 atom stereocenters. The fraction of sp³-hybridized carbons (Fsp3) is 0.867. The Bertz CT molecular complexity index is 332. The number of nitrogens with one attached hydrogen (secondary N) is 2. The minimum atomic E-state index is -0.0747. The van der Waals surface area contributed by atoms with Crippen molar-refractivity contribution >= 4 is 11.9 Å². The van der Waals surface area contributed by atoms with Crippen molar-refractivity contribution in [2.75, 3.05) is 19.7 Å². The Hall–Kier alpha value is -1.10. The van der Waals surface area contributed by atoms with Crippen LogP contribution in [-0.4, -0.2) is 37.6 Å². The molecule has 0 bridgehead atoms. The van der Waals surface area contributed by atoms with Gasteiger partial charge in [0.05, 0.1) is 12.5 Å². The zero-order valence-electron chi connectivity index (χ0n) is 12.3. The summed E-state index contributed by atoms with van der Waals surface area (Å²) in [6.45, 7) is 4.28. The van der Waals surface area contributed by atoms with Gasteiger partial charge in [0.1, 0.15) is 0 Å². The van der Waals surface area contributed by atoms with Crippen molar-refractivity contribution in [3.05, 3.63) is 0 Å². The van der Waals surface area contributed by atoms with Crippen LogP contribution in [0.2, 0.25) is 0 Å². The maximum atomic E-state index is 12.0. The summed E-state index contributed by atoms with van der Waals surface area (Å²) in [6, 6.07) is 0.238. The first kappa shape index (κ1) is 15.3. The fourth-order valence-corrected chi connectivity index (χ4v) is 3.17. The zero-order valence-corrected chi connectivity index (χ0v) is 12.3. The topological polar surface area (TPSA) is 67.4 Å². The zero-order chi connectivity index (χ0) is 14.4. The van der Waals surface area contributed by atoms with Crippen molar-refractivity contribution in [1.29, 1.82) is 0 Å². The predicted molar refractivity (Wildman–Crippen MR) is 76.1 cm³/mol. The molecule has 2 N–H and O–H groups in total. The van der Waals surface area contributed by atoms with Crippen LogP contribution in [0.15, 0.2) is 0 Å². The van der Waals surface area contributed by atoms with Gasteiger partial charge in [-0.1, -0.05) is 0 Å². The van der Waals surface area contributed by atoms with Gasteiger partial charge in [0, 0.05) is 12.5 Å². The lowest BCUT2D eigenvalue weighted by atomic mass is 9.86. The van der Waals surface area contributed by atoms with Crippen LogP contribution in [-0.2, 0) is 14.3 Å². The molecule has 0 radical (unpaired) electrons. The molecule has 5 heteroatoms. The van der Waals surface area contributed by atoms with E-state index < -0.39 is 0 Å². The lowest BCUT2D eigenvalue weighted by Gasteiger charge is -2.28. The van der Waals surface area contributed by atoms with E-state index in [2.05, 4.69) is 10.6 Å². The van der Waals surface area contributed by atoms with Gasteiger partial charge in [0.25, 0.3) is 0 Å². The molecule has 5 nitrogen and oxygen atoms in total. The van der Waals surface area contributed by atoms with Crippen molar-refractivity contribution in [3.63, 3.8) is 0 Å². The number of rotatable bonds is 5. The van der Waals surface area contributed by atoms with Crippen LogP contribution < -0.4 is 10.6 Å². The quantitative estimate of drug-likeness (QED) is 0.744. The summed E-state index contributed by atoms with van der Waals surface area (Å²) >= 11 is 0. The lowest BCUT2D eigenvalue weighted by molar-refractivity contribution is -0.149. The van der Waals surface area contributed by atoms with Gasteiger partial charge in [-0.25, -0.2) is 0 Å². The second kappa shape index (κ2) is 7.62. The van der Waals surface area contributed by atoms with Crippen molar-refractivity contribution in [2.45, 2.75) is 51.5 Å². The van der Waals surface area contributed by atoms with E-state index in [0.29, 0.717) is 18.9 Å². The number of hydrogen-bond donors (Lipinski definition) is 2. The molecule has 0 aromatic carbocycles. The highest BCUT2D eigenvalue weighted by atomic mass is 16.5. The van der Waals surface area contributed by atoms with Crippen LogP contribution in [0.5, 0.6) is 0 Å².